The molecule has 0 saturated heterocycles. The summed E-state index contributed by atoms with van der Waals surface area (Å²) >= 11 is 0. The van der Waals surface area contributed by atoms with E-state index in [0.29, 0.717) is 12.1 Å². The number of aromatic amines is 1. The first kappa shape index (κ1) is 12.1. The van der Waals surface area contributed by atoms with Gasteiger partial charge >= 0.3 is 0 Å². The second-order valence-corrected chi connectivity index (χ2v) is 4.08. The van der Waals surface area contributed by atoms with Crippen LogP contribution in [0.25, 0.3) is 0 Å². The van der Waals surface area contributed by atoms with Gasteiger partial charge in [0.05, 0.1) is 11.9 Å². The summed E-state index contributed by atoms with van der Waals surface area (Å²) in [6, 6.07) is 2.80. The van der Waals surface area contributed by atoms with Crippen molar-refractivity contribution in [3.63, 3.8) is 0 Å². The maximum absolute atomic E-state index is 11.8. The number of imidazole rings is 1. The van der Waals surface area contributed by atoms with Crippen LogP contribution in [0.15, 0.2) is 41.8 Å². The fourth-order valence-electron chi connectivity index (χ4n) is 1.62. The first-order valence-electron chi connectivity index (χ1n) is 5.60. The van der Waals surface area contributed by atoms with Gasteiger partial charge in [-0.15, -0.1) is 0 Å². The van der Waals surface area contributed by atoms with E-state index in [1.165, 1.54) is 18.3 Å². The Morgan fingerprint density at radius 2 is 2.39 bits per heavy atom. The molecule has 0 saturated carbocycles. The molecule has 0 spiro atoms. The van der Waals surface area contributed by atoms with Gasteiger partial charge in [0.15, 0.2) is 0 Å². The van der Waals surface area contributed by atoms with Crippen molar-refractivity contribution in [1.29, 1.82) is 0 Å². The topological polar surface area (TPSA) is 79.8 Å². The molecule has 2 aromatic rings. The Bertz CT molecular complexity index is 554. The summed E-state index contributed by atoms with van der Waals surface area (Å²) in [6.07, 6.45) is 6.63. The Kier molecular flexibility index (Phi) is 3.57. The lowest BCUT2D eigenvalue weighted by molar-refractivity contribution is 0.0936. The number of amides is 1. The Hall–Kier alpha value is -2.37. The molecule has 2 N–H and O–H groups in total. The Balaban J connectivity index is 1.94. The zero-order valence-electron chi connectivity index (χ0n) is 9.96. The van der Waals surface area contributed by atoms with Crippen molar-refractivity contribution in [2.24, 2.45) is 0 Å². The molecule has 6 nitrogen and oxygen atoms in total. The third-order valence-electron chi connectivity index (χ3n) is 2.47. The van der Waals surface area contributed by atoms with Gasteiger partial charge < -0.3 is 14.9 Å². The molecule has 6 heteroatoms. The Morgan fingerprint density at radius 1 is 1.56 bits per heavy atom. The monoisotopic (exact) mass is 246 g/mol. The fraction of sp³-hybridized carbons (Fsp3) is 0.250. The molecule has 2 heterocycles. The third kappa shape index (κ3) is 3.07. The molecule has 0 fully saturated rings. The molecule has 0 radical (unpaired) electrons. The van der Waals surface area contributed by atoms with Gasteiger partial charge in [-0.2, -0.15) is 0 Å². The Morgan fingerprint density at radius 3 is 3.00 bits per heavy atom. The quantitative estimate of drug-likeness (QED) is 0.819. The minimum Gasteiger partial charge on any atom is -0.348 e. The number of carbonyl (C=O) groups is 1. The van der Waals surface area contributed by atoms with Gasteiger partial charge in [0, 0.05) is 37.2 Å². The van der Waals surface area contributed by atoms with E-state index in [0.717, 1.165) is 0 Å². The van der Waals surface area contributed by atoms with Gasteiger partial charge in [0.25, 0.3) is 5.91 Å². The highest BCUT2D eigenvalue weighted by molar-refractivity contribution is 5.93. The molecule has 2 aromatic heterocycles. The van der Waals surface area contributed by atoms with E-state index in [2.05, 4.69) is 15.3 Å². The molecular formula is C12H14N4O2. The SMILES string of the molecule is C[C@@H](Cn1ccnc1)NC(=O)c1ccc(=O)[nH]c1. The van der Waals surface area contributed by atoms with E-state index >= 15 is 0 Å². The van der Waals surface area contributed by atoms with Crippen LogP contribution >= 0.6 is 0 Å². The second kappa shape index (κ2) is 5.31. The molecule has 1 amide bonds. The number of hydrogen-bond donors (Lipinski definition) is 2. The average Bonchev–Trinajstić information content (AvgIpc) is 2.82. The van der Waals surface area contributed by atoms with Crippen LogP contribution < -0.4 is 10.9 Å². The van der Waals surface area contributed by atoms with E-state index in [1.54, 1.807) is 12.5 Å². The van der Waals surface area contributed by atoms with Gasteiger partial charge in [-0.25, -0.2) is 4.98 Å². The highest BCUT2D eigenvalue weighted by Gasteiger charge is 2.09. The summed E-state index contributed by atoms with van der Waals surface area (Å²) < 4.78 is 1.89. The minimum atomic E-state index is -0.224. The van der Waals surface area contributed by atoms with Crippen molar-refractivity contribution in [3.05, 3.63) is 53.0 Å². The molecule has 18 heavy (non-hydrogen) atoms. The van der Waals surface area contributed by atoms with Crippen LogP contribution in [0.5, 0.6) is 0 Å². The maximum Gasteiger partial charge on any atom is 0.253 e. The number of hydrogen-bond acceptors (Lipinski definition) is 3. The smallest absolute Gasteiger partial charge is 0.253 e. The van der Waals surface area contributed by atoms with Crippen LogP contribution in [-0.4, -0.2) is 26.5 Å². The molecule has 1 atom stereocenters. The predicted molar refractivity (Wildman–Crippen MR) is 66.2 cm³/mol. The summed E-state index contributed by atoms with van der Waals surface area (Å²) in [4.78, 5) is 29.1. The van der Waals surface area contributed by atoms with Crippen molar-refractivity contribution in [2.75, 3.05) is 0 Å². The summed E-state index contributed by atoms with van der Waals surface area (Å²) in [6.45, 7) is 2.55. The number of H-pyrrole nitrogens is 1. The van der Waals surface area contributed by atoms with E-state index < -0.39 is 0 Å². The molecule has 0 aliphatic heterocycles. The highest BCUT2D eigenvalue weighted by atomic mass is 16.2. The highest BCUT2D eigenvalue weighted by Crippen LogP contribution is 1.97. The van der Waals surface area contributed by atoms with Crippen LogP contribution in [0.4, 0.5) is 0 Å². The zero-order valence-corrected chi connectivity index (χ0v) is 9.96. The van der Waals surface area contributed by atoms with Crippen molar-refractivity contribution in [1.82, 2.24) is 19.9 Å². The predicted octanol–water partition coefficient (Wildman–Crippen LogP) is 0.390. The fourth-order valence-corrected chi connectivity index (χ4v) is 1.62. The Labute approximate surface area is 104 Å². The van der Waals surface area contributed by atoms with Gasteiger partial charge in [-0.1, -0.05) is 0 Å². The number of pyridine rings is 1. The van der Waals surface area contributed by atoms with Crippen molar-refractivity contribution < 1.29 is 4.79 Å². The number of rotatable bonds is 4. The lowest BCUT2D eigenvalue weighted by Crippen LogP contribution is -2.35. The maximum atomic E-state index is 11.8. The number of nitrogens with zero attached hydrogens (tertiary/aromatic N) is 2. The number of aromatic nitrogens is 3. The molecule has 0 bridgehead atoms. The van der Waals surface area contributed by atoms with E-state index in [4.69, 9.17) is 0 Å². The molecule has 2 rings (SSSR count). The van der Waals surface area contributed by atoms with Crippen LogP contribution in [0, 0.1) is 0 Å². The van der Waals surface area contributed by atoms with Crippen LogP contribution in [0.1, 0.15) is 17.3 Å². The normalized spacial score (nSPS) is 12.1. The third-order valence-corrected chi connectivity index (χ3v) is 2.47. The van der Waals surface area contributed by atoms with Gasteiger partial charge in [-0.3, -0.25) is 9.59 Å². The number of nitrogens with one attached hydrogen (secondary N) is 2. The molecule has 0 unspecified atom stereocenters. The molecule has 0 aromatic carbocycles. The summed E-state index contributed by atoms with van der Waals surface area (Å²) in [5.41, 5.74) is 0.213. The standard InChI is InChI=1S/C12H14N4O2/c1-9(7-16-5-4-13-8-16)15-12(18)10-2-3-11(17)14-6-10/h2-6,8-9H,7H2,1H3,(H,14,17)(H,15,18)/t9-/m0/s1. The van der Waals surface area contributed by atoms with Crippen LogP contribution in [0.3, 0.4) is 0 Å². The second-order valence-electron chi connectivity index (χ2n) is 4.08. The van der Waals surface area contributed by atoms with Crippen molar-refractivity contribution in [2.45, 2.75) is 19.5 Å². The van der Waals surface area contributed by atoms with Crippen LogP contribution in [-0.2, 0) is 6.54 Å². The van der Waals surface area contributed by atoms with Gasteiger partial charge in [-0.05, 0) is 13.0 Å². The average molecular weight is 246 g/mol. The molecule has 0 aliphatic rings. The zero-order chi connectivity index (χ0) is 13.0. The largest absolute Gasteiger partial charge is 0.348 e. The summed E-state index contributed by atoms with van der Waals surface area (Å²) in [7, 11) is 0. The van der Waals surface area contributed by atoms with E-state index in [-0.39, 0.29) is 17.5 Å². The van der Waals surface area contributed by atoms with Crippen LogP contribution in [0.2, 0.25) is 0 Å². The number of carbonyl (C=O) groups excluding carboxylic acids is 1. The minimum absolute atomic E-state index is 0.0290. The first-order chi connectivity index (χ1) is 8.65. The van der Waals surface area contributed by atoms with E-state index in [9.17, 15) is 9.59 Å². The lowest BCUT2D eigenvalue weighted by Gasteiger charge is -2.14. The summed E-state index contributed by atoms with van der Waals surface area (Å²) in [5.74, 6) is -0.209. The lowest BCUT2D eigenvalue weighted by atomic mass is 10.2. The van der Waals surface area contributed by atoms with E-state index in [1.807, 2.05) is 17.7 Å². The summed E-state index contributed by atoms with van der Waals surface area (Å²) in [5, 5.41) is 2.84. The molecular weight excluding hydrogens is 232 g/mol. The van der Waals surface area contributed by atoms with Gasteiger partial charge in [0.1, 0.15) is 0 Å². The molecule has 0 aliphatic carbocycles. The van der Waals surface area contributed by atoms with Gasteiger partial charge in [0.2, 0.25) is 5.56 Å². The first-order valence-corrected chi connectivity index (χ1v) is 5.60. The molecule has 94 valence electrons. The van der Waals surface area contributed by atoms with Crippen molar-refractivity contribution >= 4 is 5.91 Å². The van der Waals surface area contributed by atoms with Crippen molar-refractivity contribution in [3.8, 4) is 0 Å².